The van der Waals surface area contributed by atoms with Crippen LogP contribution >= 0.6 is 11.8 Å². The Balaban J connectivity index is 1.91. The highest BCUT2D eigenvalue weighted by Gasteiger charge is 2.56. The highest BCUT2D eigenvalue weighted by atomic mass is 32.2. The molecular formula is C19H19NO2S. The quantitative estimate of drug-likeness (QED) is 0.775. The summed E-state index contributed by atoms with van der Waals surface area (Å²) >= 11 is 1.83. The number of benzene rings is 2. The highest BCUT2D eigenvalue weighted by Crippen LogP contribution is 2.61. The maximum absolute atomic E-state index is 12.6. The number of rotatable bonds is 2. The Labute approximate surface area is 140 Å². The lowest BCUT2D eigenvalue weighted by Gasteiger charge is -2.46. The fourth-order valence-electron chi connectivity index (χ4n) is 3.86. The van der Waals surface area contributed by atoms with Crippen molar-refractivity contribution in [1.82, 2.24) is 0 Å². The fourth-order valence-corrected chi connectivity index (χ4v) is 5.44. The molecule has 0 radical (unpaired) electrons. The molecule has 2 heterocycles. The standard InChI is InChI=1S/C19H19NO2S/c1-19(18(21)22-2)12-23-17-15-11-7-6-10-14(15)16(19)20(17)13-8-4-3-5-9-13/h3-11,16-17H,12H2,1-2H3. The average molecular weight is 325 g/mol. The van der Waals surface area contributed by atoms with E-state index < -0.39 is 5.41 Å². The second-order valence-electron chi connectivity index (χ2n) is 6.35. The van der Waals surface area contributed by atoms with E-state index in [0.29, 0.717) is 0 Å². The third-order valence-electron chi connectivity index (χ3n) is 4.94. The Kier molecular flexibility index (Phi) is 3.38. The third kappa shape index (κ3) is 2.01. The minimum Gasteiger partial charge on any atom is -0.469 e. The van der Waals surface area contributed by atoms with E-state index in [9.17, 15) is 4.79 Å². The molecule has 3 atom stereocenters. The average Bonchev–Trinajstić information content (AvgIpc) is 2.88. The topological polar surface area (TPSA) is 29.5 Å². The van der Waals surface area contributed by atoms with Gasteiger partial charge in [-0.2, -0.15) is 0 Å². The van der Waals surface area contributed by atoms with Crippen molar-refractivity contribution in [2.75, 3.05) is 17.8 Å². The van der Waals surface area contributed by atoms with Crippen molar-refractivity contribution in [3.8, 4) is 0 Å². The Bertz CT molecular complexity index is 748. The molecule has 0 N–H and O–H groups in total. The number of hydrogen-bond acceptors (Lipinski definition) is 4. The number of para-hydroxylation sites is 1. The van der Waals surface area contributed by atoms with E-state index in [4.69, 9.17) is 4.74 Å². The smallest absolute Gasteiger partial charge is 0.314 e. The number of hydrogen-bond donors (Lipinski definition) is 0. The third-order valence-corrected chi connectivity index (χ3v) is 6.50. The van der Waals surface area contributed by atoms with Crippen LogP contribution in [0.25, 0.3) is 0 Å². The Morgan fingerprint density at radius 2 is 1.78 bits per heavy atom. The van der Waals surface area contributed by atoms with Gasteiger partial charge >= 0.3 is 5.97 Å². The minimum absolute atomic E-state index is 0.0137. The number of carbonyl (C=O) groups excluding carboxylic acids is 1. The van der Waals surface area contributed by atoms with Crippen LogP contribution in [0.2, 0.25) is 0 Å². The van der Waals surface area contributed by atoms with E-state index >= 15 is 0 Å². The Morgan fingerprint density at radius 1 is 1.13 bits per heavy atom. The first kappa shape index (κ1) is 14.6. The van der Waals surface area contributed by atoms with Crippen LogP contribution in [-0.4, -0.2) is 18.8 Å². The molecule has 0 aliphatic carbocycles. The molecule has 2 aliphatic rings. The molecular weight excluding hydrogens is 306 g/mol. The van der Waals surface area contributed by atoms with Crippen molar-refractivity contribution >= 4 is 23.4 Å². The van der Waals surface area contributed by atoms with Gasteiger partial charge in [-0.1, -0.05) is 42.5 Å². The van der Waals surface area contributed by atoms with E-state index in [-0.39, 0.29) is 17.4 Å². The molecule has 2 aromatic carbocycles. The van der Waals surface area contributed by atoms with Gasteiger partial charge in [-0.3, -0.25) is 4.79 Å². The van der Waals surface area contributed by atoms with Gasteiger partial charge in [0.2, 0.25) is 0 Å². The van der Waals surface area contributed by atoms with Gasteiger partial charge in [-0.05, 0) is 30.2 Å². The van der Waals surface area contributed by atoms with Crippen LogP contribution < -0.4 is 4.90 Å². The molecule has 3 nitrogen and oxygen atoms in total. The molecule has 2 aliphatic heterocycles. The van der Waals surface area contributed by atoms with Crippen molar-refractivity contribution in [3.05, 3.63) is 65.7 Å². The molecule has 0 amide bonds. The van der Waals surface area contributed by atoms with Gasteiger partial charge in [0.05, 0.1) is 18.6 Å². The van der Waals surface area contributed by atoms with Crippen molar-refractivity contribution in [2.45, 2.75) is 18.3 Å². The molecule has 0 spiro atoms. The van der Waals surface area contributed by atoms with Crippen LogP contribution in [0.15, 0.2) is 54.6 Å². The van der Waals surface area contributed by atoms with Gasteiger partial charge in [-0.15, -0.1) is 11.8 Å². The first-order chi connectivity index (χ1) is 11.2. The summed E-state index contributed by atoms with van der Waals surface area (Å²) in [6.45, 7) is 2.03. The Morgan fingerprint density at radius 3 is 2.48 bits per heavy atom. The zero-order chi connectivity index (χ0) is 16.0. The van der Waals surface area contributed by atoms with Gasteiger partial charge in [0.25, 0.3) is 0 Å². The van der Waals surface area contributed by atoms with E-state index in [2.05, 4.69) is 41.3 Å². The number of methoxy groups -OCH3 is 1. The van der Waals surface area contributed by atoms with Crippen molar-refractivity contribution in [2.24, 2.45) is 5.41 Å². The number of fused-ring (bicyclic) bond motifs is 5. The molecule has 0 saturated carbocycles. The lowest BCUT2D eigenvalue weighted by atomic mass is 9.80. The maximum atomic E-state index is 12.6. The van der Waals surface area contributed by atoms with Crippen LogP contribution in [0.4, 0.5) is 5.69 Å². The van der Waals surface area contributed by atoms with Crippen LogP contribution in [0, 0.1) is 5.41 Å². The van der Waals surface area contributed by atoms with Crippen molar-refractivity contribution in [3.63, 3.8) is 0 Å². The van der Waals surface area contributed by atoms with Crippen molar-refractivity contribution < 1.29 is 9.53 Å². The number of thioether (sulfide) groups is 1. The summed E-state index contributed by atoms with van der Waals surface area (Å²) in [6, 6.07) is 18.9. The first-order valence-electron chi connectivity index (χ1n) is 7.79. The van der Waals surface area contributed by atoms with Gasteiger partial charge in [-0.25, -0.2) is 0 Å². The predicted octanol–water partition coefficient (Wildman–Crippen LogP) is 4.17. The molecule has 3 unspecified atom stereocenters. The molecule has 2 aromatic rings. The SMILES string of the molecule is COC(=O)C1(C)CSC2c3ccccc3C1N2c1ccccc1. The zero-order valence-corrected chi connectivity index (χ0v) is 14.0. The van der Waals surface area contributed by atoms with E-state index in [1.807, 2.05) is 36.9 Å². The summed E-state index contributed by atoms with van der Waals surface area (Å²) in [7, 11) is 1.48. The number of anilines is 1. The van der Waals surface area contributed by atoms with E-state index in [0.717, 1.165) is 11.4 Å². The summed E-state index contributed by atoms with van der Waals surface area (Å²) in [5, 5.41) is 0.260. The number of esters is 1. The number of ether oxygens (including phenoxy) is 1. The lowest BCUT2D eigenvalue weighted by Crippen LogP contribution is -2.47. The van der Waals surface area contributed by atoms with Crippen molar-refractivity contribution in [1.29, 1.82) is 0 Å². The van der Waals surface area contributed by atoms with Gasteiger partial charge in [0.15, 0.2) is 0 Å². The fraction of sp³-hybridized carbons (Fsp3) is 0.316. The molecule has 118 valence electrons. The molecule has 23 heavy (non-hydrogen) atoms. The minimum atomic E-state index is -0.557. The lowest BCUT2D eigenvalue weighted by molar-refractivity contribution is -0.151. The van der Waals surface area contributed by atoms with Crippen LogP contribution in [0.5, 0.6) is 0 Å². The first-order valence-corrected chi connectivity index (χ1v) is 8.84. The largest absolute Gasteiger partial charge is 0.469 e. The molecule has 0 aromatic heterocycles. The predicted molar refractivity (Wildman–Crippen MR) is 93.4 cm³/mol. The summed E-state index contributed by atoms with van der Waals surface area (Å²) in [5.41, 5.74) is 3.16. The molecule has 4 heteroatoms. The summed E-state index contributed by atoms with van der Waals surface area (Å²) in [6.07, 6.45) is 0. The normalized spacial score (nSPS) is 28.3. The van der Waals surface area contributed by atoms with Crippen LogP contribution in [-0.2, 0) is 9.53 Å². The monoisotopic (exact) mass is 325 g/mol. The second-order valence-corrected chi connectivity index (χ2v) is 7.42. The van der Waals surface area contributed by atoms with Crippen LogP contribution in [0.1, 0.15) is 29.5 Å². The van der Waals surface area contributed by atoms with Crippen LogP contribution in [0.3, 0.4) is 0 Å². The maximum Gasteiger partial charge on any atom is 0.314 e. The molecule has 1 saturated heterocycles. The molecule has 4 rings (SSSR count). The zero-order valence-electron chi connectivity index (χ0n) is 13.2. The summed E-state index contributed by atoms with van der Waals surface area (Å²) < 4.78 is 5.16. The summed E-state index contributed by atoms with van der Waals surface area (Å²) in [4.78, 5) is 15.0. The highest BCUT2D eigenvalue weighted by molar-refractivity contribution is 7.99. The Hall–Kier alpha value is -1.94. The summed E-state index contributed by atoms with van der Waals surface area (Å²) in [5.74, 6) is 0.638. The number of carbonyl (C=O) groups is 1. The number of nitrogens with zero attached hydrogens (tertiary/aromatic N) is 1. The second kappa shape index (κ2) is 5.31. The molecule has 1 fully saturated rings. The van der Waals surface area contributed by atoms with E-state index in [1.54, 1.807) is 0 Å². The van der Waals surface area contributed by atoms with E-state index in [1.165, 1.54) is 18.2 Å². The van der Waals surface area contributed by atoms with Gasteiger partial charge in [0.1, 0.15) is 5.37 Å². The molecule has 2 bridgehead atoms. The van der Waals surface area contributed by atoms with Gasteiger partial charge < -0.3 is 9.64 Å². The van der Waals surface area contributed by atoms with Gasteiger partial charge in [0, 0.05) is 11.4 Å².